The Morgan fingerprint density at radius 3 is 2.33 bits per heavy atom. The second-order valence-corrected chi connectivity index (χ2v) is 4.29. The van der Waals surface area contributed by atoms with Crippen LogP contribution in [-0.4, -0.2) is 23.6 Å². The lowest BCUT2D eigenvalue weighted by molar-refractivity contribution is -0.396. The Labute approximate surface area is 118 Å². The minimum Gasteiger partial charge on any atom is -0.390 e. The van der Waals surface area contributed by atoms with E-state index in [0.29, 0.717) is 0 Å². The molecule has 0 aromatic carbocycles. The van der Waals surface area contributed by atoms with E-state index >= 15 is 0 Å². The molecule has 2 rings (SSSR count). The van der Waals surface area contributed by atoms with Crippen LogP contribution in [0.25, 0.3) is 11.2 Å². The Morgan fingerprint density at radius 1 is 1.24 bits per heavy atom. The zero-order chi connectivity index (χ0) is 15.7. The third-order valence-corrected chi connectivity index (χ3v) is 3.00. The van der Waals surface area contributed by atoms with Gasteiger partial charge in [0.25, 0.3) is 11.2 Å². The van der Waals surface area contributed by atoms with Crippen molar-refractivity contribution in [2.75, 3.05) is 0 Å². The van der Waals surface area contributed by atoms with E-state index in [-0.39, 0.29) is 24.3 Å². The van der Waals surface area contributed by atoms with Crippen molar-refractivity contribution in [1.29, 1.82) is 0 Å². The van der Waals surface area contributed by atoms with Gasteiger partial charge >= 0.3 is 11.6 Å². The summed E-state index contributed by atoms with van der Waals surface area (Å²) in [4.78, 5) is 38.7. The molecule has 9 heteroatoms. The van der Waals surface area contributed by atoms with Gasteiger partial charge < -0.3 is 10.1 Å². The van der Waals surface area contributed by atoms with E-state index in [4.69, 9.17) is 0 Å². The van der Waals surface area contributed by atoms with Gasteiger partial charge in [-0.05, 0) is 9.91 Å². The number of nitrogens with zero attached hydrogens (tertiary/aromatic N) is 5. The fraction of sp³-hybridized carbons (Fsp3) is 0.250. The molecule has 0 aliphatic rings. The maximum absolute atomic E-state index is 12.3. The van der Waals surface area contributed by atoms with Crippen LogP contribution in [0.4, 0.5) is 5.95 Å². The number of aromatic nitrogens is 4. The average molecular weight is 291 g/mol. The van der Waals surface area contributed by atoms with E-state index in [1.165, 1.54) is 23.8 Å². The Morgan fingerprint density at radius 2 is 1.81 bits per heavy atom. The van der Waals surface area contributed by atoms with Crippen LogP contribution in [0, 0.1) is 10.1 Å². The molecule has 0 radical (unpaired) electrons. The van der Waals surface area contributed by atoms with Crippen molar-refractivity contribution in [3.05, 3.63) is 56.3 Å². The lowest BCUT2D eigenvalue weighted by Crippen LogP contribution is -2.40. The van der Waals surface area contributed by atoms with Crippen LogP contribution in [0.15, 0.2) is 34.9 Å². The molecule has 21 heavy (non-hydrogen) atoms. The number of rotatable bonds is 5. The molecule has 2 aromatic rings. The number of hydrogen-bond donors (Lipinski definition) is 0. The predicted molar refractivity (Wildman–Crippen MR) is 76.3 cm³/mol. The first kappa shape index (κ1) is 14.4. The highest BCUT2D eigenvalue weighted by atomic mass is 16.6. The van der Waals surface area contributed by atoms with E-state index in [1.807, 2.05) is 0 Å². The summed E-state index contributed by atoms with van der Waals surface area (Å²) in [6.45, 7) is 7.11. The number of imidazole rings is 1. The molecule has 0 saturated carbocycles. The Kier molecular flexibility index (Phi) is 3.57. The second-order valence-electron chi connectivity index (χ2n) is 4.29. The van der Waals surface area contributed by atoms with Gasteiger partial charge in [-0.3, -0.25) is 13.9 Å². The third kappa shape index (κ3) is 2.08. The SMILES string of the molecule is C=CCn1c(=O)c2c(nc([N+](=O)[O-])n2C)n(CC=C)c1=O. The predicted octanol–water partition coefficient (Wildman–Crippen LogP) is 0.177. The maximum atomic E-state index is 12.3. The second kappa shape index (κ2) is 5.19. The number of fused-ring (bicyclic) bond motifs is 1. The molecule has 0 atom stereocenters. The van der Waals surface area contributed by atoms with Crippen LogP contribution in [0.1, 0.15) is 0 Å². The summed E-state index contributed by atoms with van der Waals surface area (Å²) >= 11 is 0. The van der Waals surface area contributed by atoms with Crippen molar-refractivity contribution >= 4 is 17.1 Å². The smallest absolute Gasteiger partial charge is 0.390 e. The molecule has 0 fully saturated rings. The van der Waals surface area contributed by atoms with Crippen LogP contribution >= 0.6 is 0 Å². The van der Waals surface area contributed by atoms with Crippen molar-refractivity contribution < 1.29 is 4.92 Å². The third-order valence-electron chi connectivity index (χ3n) is 3.00. The van der Waals surface area contributed by atoms with Crippen LogP contribution in [0.2, 0.25) is 0 Å². The number of allylic oxidation sites excluding steroid dienone is 2. The first-order chi connectivity index (χ1) is 9.93. The number of nitro groups is 1. The van der Waals surface area contributed by atoms with Gasteiger partial charge in [0.2, 0.25) is 5.52 Å². The van der Waals surface area contributed by atoms with Crippen molar-refractivity contribution in [3.63, 3.8) is 0 Å². The lowest BCUT2D eigenvalue weighted by Gasteiger charge is -2.06. The van der Waals surface area contributed by atoms with E-state index < -0.39 is 22.1 Å². The van der Waals surface area contributed by atoms with Gasteiger partial charge in [0.15, 0.2) is 0 Å². The maximum Gasteiger partial charge on any atom is 0.437 e. The summed E-state index contributed by atoms with van der Waals surface area (Å²) in [5, 5.41) is 11.0. The summed E-state index contributed by atoms with van der Waals surface area (Å²) in [7, 11) is 1.36. The molecular formula is C12H13N5O4. The molecule has 0 aliphatic heterocycles. The first-order valence-electron chi connectivity index (χ1n) is 6.00. The first-order valence-corrected chi connectivity index (χ1v) is 6.00. The fourth-order valence-electron chi connectivity index (χ4n) is 2.10. The largest absolute Gasteiger partial charge is 0.437 e. The van der Waals surface area contributed by atoms with Crippen molar-refractivity contribution in [3.8, 4) is 0 Å². The molecule has 9 nitrogen and oxygen atoms in total. The summed E-state index contributed by atoms with van der Waals surface area (Å²) in [6, 6.07) is 0. The summed E-state index contributed by atoms with van der Waals surface area (Å²) < 4.78 is 3.18. The van der Waals surface area contributed by atoms with E-state index in [0.717, 1.165) is 9.13 Å². The highest BCUT2D eigenvalue weighted by molar-refractivity contribution is 5.72. The van der Waals surface area contributed by atoms with Gasteiger partial charge in [-0.2, -0.15) is 0 Å². The van der Waals surface area contributed by atoms with Crippen LogP contribution in [-0.2, 0) is 20.1 Å². The lowest BCUT2D eigenvalue weighted by atomic mass is 10.4. The Bertz CT molecular complexity index is 870. The number of hydrogen-bond acceptors (Lipinski definition) is 5. The molecule has 0 bridgehead atoms. The van der Waals surface area contributed by atoms with Gasteiger partial charge in [-0.15, -0.1) is 13.2 Å². The molecule has 0 aliphatic carbocycles. The Hall–Kier alpha value is -2.97. The van der Waals surface area contributed by atoms with Gasteiger partial charge in [0.05, 0.1) is 7.05 Å². The quantitative estimate of drug-likeness (QED) is 0.444. The van der Waals surface area contributed by atoms with Gasteiger partial charge in [-0.1, -0.05) is 12.2 Å². The molecule has 0 spiro atoms. The van der Waals surface area contributed by atoms with Crippen molar-refractivity contribution in [1.82, 2.24) is 18.7 Å². The van der Waals surface area contributed by atoms with E-state index in [2.05, 4.69) is 18.1 Å². The normalized spacial score (nSPS) is 10.7. The molecular weight excluding hydrogens is 278 g/mol. The van der Waals surface area contributed by atoms with Crippen molar-refractivity contribution in [2.24, 2.45) is 7.05 Å². The fourth-order valence-corrected chi connectivity index (χ4v) is 2.10. The van der Waals surface area contributed by atoms with Crippen molar-refractivity contribution in [2.45, 2.75) is 13.1 Å². The number of aryl methyl sites for hydroxylation is 1. The molecule has 2 aromatic heterocycles. The topological polar surface area (TPSA) is 105 Å². The molecule has 2 heterocycles. The Balaban J connectivity index is 3.04. The zero-order valence-electron chi connectivity index (χ0n) is 11.4. The minimum atomic E-state index is -0.708. The monoisotopic (exact) mass is 291 g/mol. The summed E-state index contributed by atoms with van der Waals surface area (Å²) in [5.74, 6) is -0.504. The van der Waals surface area contributed by atoms with E-state index in [1.54, 1.807) is 0 Å². The summed E-state index contributed by atoms with van der Waals surface area (Å²) in [6.07, 6.45) is 2.85. The minimum absolute atomic E-state index is 0.00370. The molecule has 0 N–H and O–H groups in total. The van der Waals surface area contributed by atoms with Gasteiger partial charge in [0, 0.05) is 13.1 Å². The van der Waals surface area contributed by atoms with Gasteiger partial charge in [0.1, 0.15) is 0 Å². The summed E-state index contributed by atoms with van der Waals surface area (Å²) in [5.41, 5.74) is -1.29. The molecule has 0 unspecified atom stereocenters. The van der Waals surface area contributed by atoms with E-state index in [9.17, 15) is 19.7 Å². The molecule has 0 saturated heterocycles. The standard InChI is InChI=1S/C12H13N5O4/c1-4-6-15-9-8(14(3)11(13-9)17(20)21)10(18)16(7-5-2)12(15)19/h4-5H,1-2,6-7H2,3H3. The van der Waals surface area contributed by atoms with Crippen LogP contribution in [0.5, 0.6) is 0 Å². The van der Waals surface area contributed by atoms with Crippen LogP contribution in [0.3, 0.4) is 0 Å². The molecule has 110 valence electrons. The highest BCUT2D eigenvalue weighted by Gasteiger charge is 2.26. The molecule has 0 amide bonds. The van der Waals surface area contributed by atoms with Gasteiger partial charge in [-0.25, -0.2) is 9.36 Å². The highest BCUT2D eigenvalue weighted by Crippen LogP contribution is 2.15. The zero-order valence-corrected chi connectivity index (χ0v) is 11.4. The average Bonchev–Trinajstić information content (AvgIpc) is 2.77. The van der Waals surface area contributed by atoms with Crippen LogP contribution < -0.4 is 11.2 Å².